The van der Waals surface area contributed by atoms with Crippen LogP contribution in [-0.2, 0) is 10.2 Å². The van der Waals surface area contributed by atoms with Gasteiger partial charge < -0.3 is 4.74 Å². The van der Waals surface area contributed by atoms with E-state index in [0.717, 1.165) is 37.0 Å². The number of carbonyl (C=O) groups is 1. The third-order valence-electron chi connectivity index (χ3n) is 3.67. The van der Waals surface area contributed by atoms with E-state index in [1.165, 1.54) is 0 Å². The molecule has 1 aromatic rings. The number of methoxy groups -OCH3 is 1. The molecular weight excluding hydrogens is 200 g/mol. The minimum absolute atomic E-state index is 0.273. The van der Waals surface area contributed by atoms with Gasteiger partial charge in [-0.3, -0.25) is 4.79 Å². The van der Waals surface area contributed by atoms with Gasteiger partial charge in [-0.1, -0.05) is 18.6 Å². The molecule has 0 saturated heterocycles. The number of hydrogen-bond donors (Lipinski definition) is 0. The molecule has 86 valence electrons. The minimum atomic E-state index is -0.273. The predicted molar refractivity (Wildman–Crippen MR) is 63.8 cm³/mol. The monoisotopic (exact) mass is 218 g/mol. The number of ether oxygens (including phenoxy) is 1. The van der Waals surface area contributed by atoms with Crippen molar-refractivity contribution < 1.29 is 9.53 Å². The van der Waals surface area contributed by atoms with Crippen molar-refractivity contribution in [2.24, 2.45) is 0 Å². The Morgan fingerprint density at radius 1 is 1.19 bits per heavy atom. The number of rotatable bonds is 2. The van der Waals surface area contributed by atoms with E-state index < -0.39 is 0 Å². The molecule has 16 heavy (non-hydrogen) atoms. The lowest BCUT2D eigenvalue weighted by Crippen LogP contribution is -2.35. The molecule has 0 amide bonds. The van der Waals surface area contributed by atoms with Crippen LogP contribution in [0.25, 0.3) is 0 Å². The van der Waals surface area contributed by atoms with E-state index in [4.69, 9.17) is 4.74 Å². The highest BCUT2D eigenvalue weighted by atomic mass is 16.5. The van der Waals surface area contributed by atoms with Crippen molar-refractivity contribution in [1.82, 2.24) is 0 Å². The summed E-state index contributed by atoms with van der Waals surface area (Å²) in [5.41, 5.74) is 0.850. The summed E-state index contributed by atoms with van der Waals surface area (Å²) in [5.74, 6) is 1.22. The standard InChI is InChI=1S/C14H18O2/c1-14(10-4-3-5-13(14)15)11-6-8-12(16-2)9-7-11/h6-9H,3-5,10H2,1-2H3. The van der Waals surface area contributed by atoms with Crippen LogP contribution in [0.4, 0.5) is 0 Å². The van der Waals surface area contributed by atoms with Crippen molar-refractivity contribution in [3.63, 3.8) is 0 Å². The Bertz CT molecular complexity index is 380. The lowest BCUT2D eigenvalue weighted by molar-refractivity contribution is -0.125. The van der Waals surface area contributed by atoms with E-state index in [-0.39, 0.29) is 5.41 Å². The maximum Gasteiger partial charge on any atom is 0.143 e. The summed E-state index contributed by atoms with van der Waals surface area (Å²) < 4.78 is 5.13. The zero-order valence-electron chi connectivity index (χ0n) is 9.95. The molecule has 0 radical (unpaired) electrons. The molecule has 0 bridgehead atoms. The van der Waals surface area contributed by atoms with E-state index >= 15 is 0 Å². The highest BCUT2D eigenvalue weighted by Gasteiger charge is 2.36. The second-order valence-electron chi connectivity index (χ2n) is 4.69. The zero-order chi connectivity index (χ0) is 11.6. The second-order valence-corrected chi connectivity index (χ2v) is 4.69. The van der Waals surface area contributed by atoms with E-state index in [1.54, 1.807) is 7.11 Å². The zero-order valence-corrected chi connectivity index (χ0v) is 9.95. The summed E-state index contributed by atoms with van der Waals surface area (Å²) in [7, 11) is 1.66. The van der Waals surface area contributed by atoms with Crippen molar-refractivity contribution in [2.45, 2.75) is 38.0 Å². The molecule has 0 aromatic heterocycles. The SMILES string of the molecule is COc1ccc(C2(C)CCCCC2=O)cc1. The fraction of sp³-hybridized carbons (Fsp3) is 0.500. The molecule has 1 atom stereocenters. The van der Waals surface area contributed by atoms with Gasteiger partial charge in [0.15, 0.2) is 0 Å². The average Bonchev–Trinajstić information content (AvgIpc) is 2.33. The number of carbonyl (C=O) groups excluding carboxylic acids is 1. The summed E-state index contributed by atoms with van der Waals surface area (Å²) >= 11 is 0. The van der Waals surface area contributed by atoms with Crippen LogP contribution in [0.3, 0.4) is 0 Å². The smallest absolute Gasteiger partial charge is 0.143 e. The van der Waals surface area contributed by atoms with Crippen molar-refractivity contribution in [1.29, 1.82) is 0 Å². The molecule has 1 aliphatic rings. The summed E-state index contributed by atoms with van der Waals surface area (Å²) in [4.78, 5) is 12.0. The lowest BCUT2D eigenvalue weighted by atomic mass is 9.70. The molecule has 0 spiro atoms. The van der Waals surface area contributed by atoms with Crippen molar-refractivity contribution in [3.8, 4) is 5.75 Å². The normalized spacial score (nSPS) is 25.5. The number of benzene rings is 1. The van der Waals surface area contributed by atoms with Gasteiger partial charge in [0.1, 0.15) is 11.5 Å². The minimum Gasteiger partial charge on any atom is -0.497 e. The van der Waals surface area contributed by atoms with Gasteiger partial charge in [0.25, 0.3) is 0 Å². The fourth-order valence-electron chi connectivity index (χ4n) is 2.44. The van der Waals surface area contributed by atoms with Gasteiger partial charge in [-0.15, -0.1) is 0 Å². The topological polar surface area (TPSA) is 26.3 Å². The van der Waals surface area contributed by atoms with Crippen LogP contribution in [0.1, 0.15) is 38.2 Å². The molecule has 1 aliphatic carbocycles. The number of ketones is 1. The van der Waals surface area contributed by atoms with Crippen molar-refractivity contribution in [3.05, 3.63) is 29.8 Å². The summed E-state index contributed by atoms with van der Waals surface area (Å²) in [6.45, 7) is 2.07. The fourth-order valence-corrected chi connectivity index (χ4v) is 2.44. The Balaban J connectivity index is 2.30. The van der Waals surface area contributed by atoms with E-state index in [0.29, 0.717) is 5.78 Å². The molecule has 2 heteroatoms. The third kappa shape index (κ3) is 1.84. The molecule has 2 rings (SSSR count). The molecule has 1 saturated carbocycles. The van der Waals surface area contributed by atoms with Gasteiger partial charge in [0.2, 0.25) is 0 Å². The Hall–Kier alpha value is -1.31. The van der Waals surface area contributed by atoms with Crippen LogP contribution in [0, 0.1) is 0 Å². The molecule has 1 aromatic carbocycles. The van der Waals surface area contributed by atoms with Crippen molar-refractivity contribution in [2.75, 3.05) is 7.11 Å². The van der Waals surface area contributed by atoms with Crippen LogP contribution in [0.2, 0.25) is 0 Å². The summed E-state index contributed by atoms with van der Waals surface area (Å²) in [5, 5.41) is 0. The molecule has 1 fully saturated rings. The lowest BCUT2D eigenvalue weighted by Gasteiger charge is -2.32. The molecule has 1 unspecified atom stereocenters. The largest absolute Gasteiger partial charge is 0.497 e. The van der Waals surface area contributed by atoms with Gasteiger partial charge >= 0.3 is 0 Å². The Morgan fingerprint density at radius 2 is 1.88 bits per heavy atom. The third-order valence-corrected chi connectivity index (χ3v) is 3.67. The number of hydrogen-bond acceptors (Lipinski definition) is 2. The van der Waals surface area contributed by atoms with E-state index in [1.807, 2.05) is 24.3 Å². The molecule has 0 aliphatic heterocycles. The quantitative estimate of drug-likeness (QED) is 0.762. The summed E-state index contributed by atoms with van der Waals surface area (Å²) in [6, 6.07) is 7.90. The predicted octanol–water partition coefficient (Wildman–Crippen LogP) is 3.10. The second kappa shape index (κ2) is 4.28. The first-order valence-corrected chi connectivity index (χ1v) is 5.84. The molecule has 2 nitrogen and oxygen atoms in total. The number of Topliss-reactive ketones (excluding diaryl/α,β-unsaturated/α-hetero) is 1. The van der Waals surface area contributed by atoms with Crippen LogP contribution in [-0.4, -0.2) is 12.9 Å². The first-order chi connectivity index (χ1) is 7.66. The first-order valence-electron chi connectivity index (χ1n) is 5.84. The van der Waals surface area contributed by atoms with E-state index in [2.05, 4.69) is 6.92 Å². The Morgan fingerprint density at radius 3 is 2.44 bits per heavy atom. The van der Waals surface area contributed by atoms with Gasteiger partial charge in [-0.25, -0.2) is 0 Å². The average molecular weight is 218 g/mol. The highest BCUT2D eigenvalue weighted by molar-refractivity contribution is 5.90. The van der Waals surface area contributed by atoms with Gasteiger partial charge in [0.05, 0.1) is 12.5 Å². The summed E-state index contributed by atoms with van der Waals surface area (Å²) in [6.07, 6.45) is 3.89. The Labute approximate surface area is 96.6 Å². The van der Waals surface area contributed by atoms with Gasteiger partial charge in [-0.05, 0) is 37.5 Å². The van der Waals surface area contributed by atoms with Crippen LogP contribution >= 0.6 is 0 Å². The molecule has 0 heterocycles. The van der Waals surface area contributed by atoms with Crippen LogP contribution in [0.15, 0.2) is 24.3 Å². The van der Waals surface area contributed by atoms with Crippen LogP contribution in [0.5, 0.6) is 5.75 Å². The first kappa shape index (κ1) is 11.2. The maximum absolute atomic E-state index is 12.0. The molecular formula is C14H18O2. The van der Waals surface area contributed by atoms with Gasteiger partial charge in [0, 0.05) is 6.42 Å². The van der Waals surface area contributed by atoms with E-state index in [9.17, 15) is 4.79 Å². The van der Waals surface area contributed by atoms with Crippen molar-refractivity contribution >= 4 is 5.78 Å². The molecule has 0 N–H and O–H groups in total. The van der Waals surface area contributed by atoms with Gasteiger partial charge in [-0.2, -0.15) is 0 Å². The highest BCUT2D eigenvalue weighted by Crippen LogP contribution is 2.36. The Kier molecular flexibility index (Phi) is 2.99. The maximum atomic E-state index is 12.0. The van der Waals surface area contributed by atoms with Crippen LogP contribution < -0.4 is 4.74 Å².